The first-order valence-electron chi connectivity index (χ1n) is 12.4. The number of nitrogens with zero attached hydrogens (tertiary/aromatic N) is 1. The number of ether oxygens (including phenoxy) is 1. The molecule has 1 aliphatic rings. The van der Waals surface area contributed by atoms with Crippen LogP contribution in [0, 0.1) is 0 Å². The number of aromatic nitrogens is 1. The molecule has 0 saturated heterocycles. The van der Waals surface area contributed by atoms with E-state index in [1.54, 1.807) is 13.8 Å². The highest BCUT2D eigenvalue weighted by atomic mass is 32.2. The maximum atomic E-state index is 12.7. The Hall–Kier alpha value is -1.94. The third-order valence-corrected chi connectivity index (χ3v) is 8.24. The number of hydrogen-bond acceptors (Lipinski definition) is 5. The summed E-state index contributed by atoms with van der Waals surface area (Å²) in [6.07, 6.45) is 6.80. The number of hydrogen-bond donors (Lipinski definition) is 3. The van der Waals surface area contributed by atoms with Crippen LogP contribution in [0.5, 0.6) is 0 Å². The van der Waals surface area contributed by atoms with Gasteiger partial charge in [-0.15, -0.1) is 0 Å². The summed E-state index contributed by atoms with van der Waals surface area (Å²) in [7, 11) is -3.21. The summed E-state index contributed by atoms with van der Waals surface area (Å²) in [4.78, 5) is 12.7. The normalized spacial score (nSPS) is 14.0. The third-order valence-electron chi connectivity index (χ3n) is 6.40. The van der Waals surface area contributed by atoms with Crippen molar-refractivity contribution in [2.24, 2.45) is 0 Å². The first-order valence-corrected chi connectivity index (χ1v) is 14.0. The third kappa shape index (κ3) is 6.81. The zero-order chi connectivity index (χ0) is 24.6. The van der Waals surface area contributed by atoms with Gasteiger partial charge in [-0.2, -0.15) is 0 Å². The van der Waals surface area contributed by atoms with Gasteiger partial charge in [0.1, 0.15) is 0 Å². The van der Waals surface area contributed by atoms with Crippen molar-refractivity contribution < 1.29 is 23.1 Å². The van der Waals surface area contributed by atoms with Gasteiger partial charge >= 0.3 is 0 Å². The van der Waals surface area contributed by atoms with Crippen LogP contribution in [0.4, 0.5) is 0 Å². The van der Waals surface area contributed by atoms with E-state index in [0.29, 0.717) is 31.9 Å². The molecule has 0 aliphatic heterocycles. The topological polar surface area (TPSA) is 110 Å². The molecule has 0 atom stereocenters. The maximum absolute atomic E-state index is 12.7. The predicted octanol–water partition coefficient (Wildman–Crippen LogP) is 2.76. The largest absolute Gasteiger partial charge is 0.394 e. The van der Waals surface area contributed by atoms with E-state index in [1.807, 2.05) is 18.2 Å². The van der Waals surface area contributed by atoms with Crippen molar-refractivity contribution in [3.05, 3.63) is 35.0 Å². The minimum absolute atomic E-state index is 0.0277. The van der Waals surface area contributed by atoms with E-state index >= 15 is 0 Å². The van der Waals surface area contributed by atoms with Crippen molar-refractivity contribution in [3.8, 4) is 0 Å². The van der Waals surface area contributed by atoms with Gasteiger partial charge in [0.25, 0.3) is 5.91 Å². The maximum Gasteiger partial charge on any atom is 0.251 e. The van der Waals surface area contributed by atoms with Gasteiger partial charge in [0.2, 0.25) is 10.0 Å². The average Bonchev–Trinajstić information content (AvgIpc) is 3.14. The summed E-state index contributed by atoms with van der Waals surface area (Å²) < 4.78 is 33.9. The molecule has 0 radical (unpaired) electrons. The van der Waals surface area contributed by atoms with Crippen molar-refractivity contribution in [2.45, 2.75) is 70.6 Å². The molecule has 3 rings (SSSR count). The number of nitrogens with one attached hydrogen (secondary N) is 2. The second-order valence-electron chi connectivity index (χ2n) is 9.16. The van der Waals surface area contributed by atoms with Gasteiger partial charge in [0.05, 0.1) is 25.1 Å². The van der Waals surface area contributed by atoms with Gasteiger partial charge < -0.3 is 19.7 Å². The Kier molecular flexibility index (Phi) is 9.94. The van der Waals surface area contributed by atoms with Crippen LogP contribution in [0.3, 0.4) is 0 Å². The highest BCUT2D eigenvalue weighted by Gasteiger charge is 2.21. The number of rotatable bonds is 14. The monoisotopic (exact) mass is 493 g/mol. The van der Waals surface area contributed by atoms with E-state index in [1.165, 1.54) is 17.7 Å². The van der Waals surface area contributed by atoms with E-state index in [9.17, 15) is 13.2 Å². The molecule has 0 bridgehead atoms. The number of fused-ring (bicyclic) bond motifs is 3. The van der Waals surface area contributed by atoms with E-state index in [2.05, 4.69) is 14.6 Å². The van der Waals surface area contributed by atoms with Crippen molar-refractivity contribution in [1.82, 2.24) is 14.6 Å². The van der Waals surface area contributed by atoms with Crippen LogP contribution in [0.2, 0.25) is 0 Å². The lowest BCUT2D eigenvalue weighted by Crippen LogP contribution is -2.31. The second-order valence-corrected chi connectivity index (χ2v) is 11.5. The molecule has 1 aromatic carbocycles. The van der Waals surface area contributed by atoms with Crippen LogP contribution in [0.25, 0.3) is 10.9 Å². The van der Waals surface area contributed by atoms with Gasteiger partial charge in [-0.25, -0.2) is 13.1 Å². The Morgan fingerprint density at radius 3 is 2.65 bits per heavy atom. The van der Waals surface area contributed by atoms with E-state index in [4.69, 9.17) is 9.84 Å². The lowest BCUT2D eigenvalue weighted by Gasteiger charge is -2.16. The second kappa shape index (κ2) is 12.7. The van der Waals surface area contributed by atoms with E-state index in [-0.39, 0.29) is 12.5 Å². The number of aliphatic hydroxyl groups excluding tert-OH is 1. The predicted molar refractivity (Wildman–Crippen MR) is 135 cm³/mol. The molecule has 0 unspecified atom stereocenters. The molecule has 9 heteroatoms. The fourth-order valence-electron chi connectivity index (χ4n) is 4.47. The first kappa shape index (κ1) is 26.7. The zero-order valence-corrected chi connectivity index (χ0v) is 21.3. The van der Waals surface area contributed by atoms with Crippen molar-refractivity contribution >= 4 is 26.8 Å². The van der Waals surface area contributed by atoms with Gasteiger partial charge in [0.15, 0.2) is 0 Å². The number of benzene rings is 1. The summed E-state index contributed by atoms with van der Waals surface area (Å²) in [5.74, 6) is -0.0778. The zero-order valence-electron chi connectivity index (χ0n) is 20.4. The molecule has 34 heavy (non-hydrogen) atoms. The van der Waals surface area contributed by atoms with Gasteiger partial charge in [-0.05, 0) is 76.1 Å². The molecule has 1 heterocycles. The molecule has 1 aromatic heterocycles. The molecule has 0 fully saturated rings. The van der Waals surface area contributed by atoms with Crippen LogP contribution in [0.15, 0.2) is 18.2 Å². The number of amides is 1. The van der Waals surface area contributed by atoms with Gasteiger partial charge in [0, 0.05) is 41.8 Å². The Labute approximate surface area is 203 Å². The van der Waals surface area contributed by atoms with Crippen LogP contribution in [-0.4, -0.2) is 62.2 Å². The molecule has 1 aliphatic carbocycles. The van der Waals surface area contributed by atoms with Gasteiger partial charge in [-0.1, -0.05) is 6.42 Å². The Morgan fingerprint density at radius 2 is 1.88 bits per heavy atom. The highest BCUT2D eigenvalue weighted by Crippen LogP contribution is 2.33. The molecule has 8 nitrogen and oxygen atoms in total. The standard InChI is InChI=1S/C25H39N3O5S/c1-19(2)34(31,32)27-13-7-3-6-12-26-25(30)20-10-11-24-22(18-20)21-8-4-5-9-23(21)28(24)14-16-33-17-15-29/h10-11,18-19,27,29H,3-9,12-17H2,1-2H3,(H,26,30). The number of carbonyl (C=O) groups is 1. The Bertz CT molecular complexity index is 1060. The molecular weight excluding hydrogens is 454 g/mol. The van der Waals surface area contributed by atoms with Crippen molar-refractivity contribution in [1.29, 1.82) is 0 Å². The molecule has 190 valence electrons. The van der Waals surface area contributed by atoms with E-state index in [0.717, 1.165) is 56.0 Å². The summed E-state index contributed by atoms with van der Waals surface area (Å²) in [5.41, 5.74) is 4.50. The number of aryl methyl sites for hydroxylation is 1. The molecule has 3 N–H and O–H groups in total. The molecule has 0 saturated carbocycles. The highest BCUT2D eigenvalue weighted by molar-refractivity contribution is 7.90. The molecule has 0 spiro atoms. The van der Waals surface area contributed by atoms with Crippen LogP contribution in [-0.2, 0) is 34.1 Å². The number of unbranched alkanes of at least 4 members (excludes halogenated alkanes) is 2. The van der Waals surface area contributed by atoms with Crippen LogP contribution >= 0.6 is 0 Å². The minimum atomic E-state index is -3.21. The van der Waals surface area contributed by atoms with Crippen LogP contribution in [0.1, 0.15) is 67.6 Å². The lowest BCUT2D eigenvalue weighted by molar-refractivity contribution is 0.0871. The summed E-state index contributed by atoms with van der Waals surface area (Å²) in [6.45, 7) is 5.98. The summed E-state index contributed by atoms with van der Waals surface area (Å²) in [5, 5.41) is 12.7. The Morgan fingerprint density at radius 1 is 1.12 bits per heavy atom. The molecular formula is C25H39N3O5S. The first-order chi connectivity index (χ1) is 16.3. The molecule has 1 amide bonds. The van der Waals surface area contributed by atoms with E-state index < -0.39 is 15.3 Å². The summed E-state index contributed by atoms with van der Waals surface area (Å²) >= 11 is 0. The number of carbonyl (C=O) groups excluding carboxylic acids is 1. The minimum Gasteiger partial charge on any atom is -0.394 e. The fraction of sp³-hybridized carbons (Fsp3) is 0.640. The Balaban J connectivity index is 1.55. The number of sulfonamides is 1. The quantitative estimate of drug-likeness (QED) is 0.351. The fourth-order valence-corrected chi connectivity index (χ4v) is 5.23. The van der Waals surface area contributed by atoms with Gasteiger partial charge in [-0.3, -0.25) is 4.79 Å². The SMILES string of the molecule is CC(C)S(=O)(=O)NCCCCCNC(=O)c1ccc2c(c1)c1c(n2CCOCCO)CCCC1. The molecule has 2 aromatic rings. The van der Waals surface area contributed by atoms with Crippen molar-refractivity contribution in [2.75, 3.05) is 32.9 Å². The smallest absolute Gasteiger partial charge is 0.251 e. The average molecular weight is 494 g/mol. The number of aliphatic hydroxyl groups is 1. The lowest BCUT2D eigenvalue weighted by atomic mass is 9.95. The van der Waals surface area contributed by atoms with Crippen LogP contribution < -0.4 is 10.0 Å². The van der Waals surface area contributed by atoms with Crippen molar-refractivity contribution in [3.63, 3.8) is 0 Å². The summed E-state index contributed by atoms with van der Waals surface area (Å²) in [6, 6.07) is 5.94.